The van der Waals surface area contributed by atoms with Gasteiger partial charge in [0.25, 0.3) is 0 Å². The predicted molar refractivity (Wildman–Crippen MR) is 93.1 cm³/mol. The van der Waals surface area contributed by atoms with Crippen LogP contribution in [0.15, 0.2) is 18.2 Å². The Hall–Kier alpha value is -1.18. The zero-order valence-corrected chi connectivity index (χ0v) is 15.2. The van der Waals surface area contributed by atoms with Gasteiger partial charge in [0, 0.05) is 6.04 Å². The van der Waals surface area contributed by atoms with Gasteiger partial charge < -0.3 is 10.1 Å². The quantitative estimate of drug-likeness (QED) is 0.597. The molecule has 1 aromatic rings. The first-order valence-electron chi connectivity index (χ1n) is 8.48. The smallest absolute Gasteiger partial charge is 0.212 e. The molecule has 136 valence electrons. The molecule has 1 fully saturated rings. The summed E-state index contributed by atoms with van der Waals surface area (Å²) in [6, 6.07) is 4.08. The third-order valence-corrected chi connectivity index (χ3v) is 5.61. The molecule has 0 bridgehead atoms. The van der Waals surface area contributed by atoms with Gasteiger partial charge in [-0.2, -0.15) is 0 Å². The van der Waals surface area contributed by atoms with E-state index in [0.29, 0.717) is 24.5 Å². The van der Waals surface area contributed by atoms with Gasteiger partial charge in [-0.1, -0.05) is 6.07 Å². The molecular weight excluding hydrogens is 331 g/mol. The number of benzene rings is 1. The number of sulfonamides is 1. The van der Waals surface area contributed by atoms with E-state index in [2.05, 4.69) is 10.0 Å². The second-order valence-corrected chi connectivity index (χ2v) is 8.29. The second-order valence-electron chi connectivity index (χ2n) is 6.41. The first-order valence-corrected chi connectivity index (χ1v) is 10.1. The molecule has 1 aliphatic carbocycles. The van der Waals surface area contributed by atoms with Crippen LogP contribution >= 0.6 is 0 Å². The fraction of sp³-hybridized carbons (Fsp3) is 0.647. The summed E-state index contributed by atoms with van der Waals surface area (Å²) in [5, 5.41) is 2.99. The lowest BCUT2D eigenvalue weighted by Gasteiger charge is -2.16. The third-order valence-electron chi connectivity index (χ3n) is 4.07. The van der Waals surface area contributed by atoms with Crippen LogP contribution in [0.25, 0.3) is 0 Å². The highest BCUT2D eigenvalue weighted by Gasteiger charge is 2.23. The maximum atomic E-state index is 13.8. The second kappa shape index (κ2) is 8.78. The number of halogens is 1. The number of rotatable bonds is 11. The summed E-state index contributed by atoms with van der Waals surface area (Å²) in [7, 11) is -1.52. The number of hydrogen-bond acceptors (Lipinski definition) is 4. The van der Waals surface area contributed by atoms with Crippen molar-refractivity contribution >= 4 is 10.0 Å². The summed E-state index contributed by atoms with van der Waals surface area (Å²) in [6.07, 6.45) is 3.67. The van der Waals surface area contributed by atoms with Gasteiger partial charge >= 0.3 is 0 Å². The fourth-order valence-corrected chi connectivity index (χ4v) is 3.76. The SMILES string of the molecule is CNCCCCS(=O)(=O)N[C@H](C)c1ccc(F)c(OCC2CC2)c1. The van der Waals surface area contributed by atoms with Crippen molar-refractivity contribution in [2.45, 2.75) is 38.6 Å². The Kier molecular flexibility index (Phi) is 7.01. The Morgan fingerprint density at radius 2 is 2.08 bits per heavy atom. The van der Waals surface area contributed by atoms with Crippen molar-refractivity contribution in [3.63, 3.8) is 0 Å². The zero-order chi connectivity index (χ0) is 17.6. The molecule has 24 heavy (non-hydrogen) atoms. The third kappa shape index (κ3) is 6.37. The van der Waals surface area contributed by atoms with Crippen molar-refractivity contribution in [3.05, 3.63) is 29.6 Å². The highest BCUT2D eigenvalue weighted by Crippen LogP contribution is 2.31. The van der Waals surface area contributed by atoms with Gasteiger partial charge in [0.2, 0.25) is 10.0 Å². The van der Waals surface area contributed by atoms with Gasteiger partial charge in [0.05, 0.1) is 12.4 Å². The molecule has 0 aromatic heterocycles. The van der Waals surface area contributed by atoms with E-state index in [1.807, 2.05) is 7.05 Å². The summed E-state index contributed by atoms with van der Waals surface area (Å²) in [5.41, 5.74) is 0.695. The maximum Gasteiger partial charge on any atom is 0.212 e. The van der Waals surface area contributed by atoms with Gasteiger partial charge in [-0.3, -0.25) is 0 Å². The maximum absolute atomic E-state index is 13.8. The molecule has 2 rings (SSSR count). The van der Waals surface area contributed by atoms with Crippen molar-refractivity contribution in [1.29, 1.82) is 0 Å². The molecule has 0 aliphatic heterocycles. The predicted octanol–water partition coefficient (Wildman–Crippen LogP) is 2.59. The van der Waals surface area contributed by atoms with Crippen LogP contribution in [0.1, 0.15) is 44.2 Å². The van der Waals surface area contributed by atoms with Gasteiger partial charge in [-0.25, -0.2) is 17.5 Å². The molecular formula is C17H27FN2O3S. The standard InChI is InChI=1S/C17H27FN2O3S/c1-13(20-24(21,22)10-4-3-9-19-2)15-7-8-16(18)17(11-15)23-12-14-5-6-14/h7-8,11,13-14,19-20H,3-6,9-10,12H2,1-2H3/t13-/m1/s1. The molecule has 0 unspecified atom stereocenters. The highest BCUT2D eigenvalue weighted by molar-refractivity contribution is 7.89. The van der Waals surface area contributed by atoms with E-state index in [0.717, 1.165) is 25.8 Å². The van der Waals surface area contributed by atoms with E-state index < -0.39 is 21.9 Å². The largest absolute Gasteiger partial charge is 0.490 e. The normalized spacial score (nSPS) is 16.1. The molecule has 1 atom stereocenters. The van der Waals surface area contributed by atoms with Gasteiger partial charge in [0.15, 0.2) is 11.6 Å². The molecule has 0 heterocycles. The summed E-state index contributed by atoms with van der Waals surface area (Å²) in [4.78, 5) is 0. The van der Waals surface area contributed by atoms with Crippen LogP contribution in [-0.2, 0) is 10.0 Å². The minimum atomic E-state index is -3.36. The molecule has 0 amide bonds. The summed E-state index contributed by atoms with van der Waals surface area (Å²) < 4.78 is 46.2. The molecule has 1 saturated carbocycles. The molecule has 0 spiro atoms. The summed E-state index contributed by atoms with van der Waals surface area (Å²) in [5.74, 6) is 0.396. The Balaban J connectivity index is 1.92. The van der Waals surface area contributed by atoms with Crippen molar-refractivity contribution in [2.75, 3.05) is 26.0 Å². The van der Waals surface area contributed by atoms with Crippen molar-refractivity contribution in [1.82, 2.24) is 10.0 Å². The lowest BCUT2D eigenvalue weighted by molar-refractivity contribution is 0.285. The van der Waals surface area contributed by atoms with Crippen LogP contribution in [0.5, 0.6) is 5.75 Å². The van der Waals surface area contributed by atoms with Crippen LogP contribution in [0, 0.1) is 11.7 Å². The monoisotopic (exact) mass is 358 g/mol. The topological polar surface area (TPSA) is 67.4 Å². The minimum Gasteiger partial charge on any atom is -0.490 e. The van der Waals surface area contributed by atoms with E-state index in [1.165, 1.54) is 6.07 Å². The fourth-order valence-electron chi connectivity index (χ4n) is 2.38. The van der Waals surface area contributed by atoms with Crippen LogP contribution in [0.3, 0.4) is 0 Å². The summed E-state index contributed by atoms with van der Waals surface area (Å²) in [6.45, 7) is 3.07. The minimum absolute atomic E-state index is 0.0885. The van der Waals surface area contributed by atoms with Gasteiger partial charge in [0.1, 0.15) is 0 Å². The van der Waals surface area contributed by atoms with Crippen LogP contribution in [0.4, 0.5) is 4.39 Å². The summed E-state index contributed by atoms with van der Waals surface area (Å²) >= 11 is 0. The van der Waals surface area contributed by atoms with Crippen molar-refractivity contribution in [2.24, 2.45) is 5.92 Å². The molecule has 1 aromatic carbocycles. The molecule has 1 aliphatic rings. The average Bonchev–Trinajstić information content (AvgIpc) is 3.34. The first-order chi connectivity index (χ1) is 11.4. The lowest BCUT2D eigenvalue weighted by atomic mass is 10.1. The number of ether oxygens (including phenoxy) is 1. The van der Waals surface area contributed by atoms with E-state index >= 15 is 0 Å². The number of unbranched alkanes of at least 4 members (excludes halogenated alkanes) is 1. The van der Waals surface area contributed by atoms with E-state index in [4.69, 9.17) is 4.74 Å². The highest BCUT2D eigenvalue weighted by atomic mass is 32.2. The van der Waals surface area contributed by atoms with Crippen molar-refractivity contribution < 1.29 is 17.5 Å². The molecule has 0 radical (unpaired) electrons. The first kappa shape index (κ1) is 19.1. The van der Waals surface area contributed by atoms with Crippen LogP contribution in [-0.4, -0.2) is 34.4 Å². The Labute approximate surface area is 144 Å². The Morgan fingerprint density at radius 3 is 2.75 bits per heavy atom. The van der Waals surface area contributed by atoms with Gasteiger partial charge in [-0.15, -0.1) is 0 Å². The molecule has 5 nitrogen and oxygen atoms in total. The zero-order valence-electron chi connectivity index (χ0n) is 14.3. The Morgan fingerprint density at radius 1 is 1.33 bits per heavy atom. The molecule has 7 heteroatoms. The van der Waals surface area contributed by atoms with E-state index in [1.54, 1.807) is 19.1 Å². The van der Waals surface area contributed by atoms with Gasteiger partial charge in [-0.05, 0) is 69.8 Å². The van der Waals surface area contributed by atoms with Crippen LogP contribution < -0.4 is 14.8 Å². The Bertz CT molecular complexity index is 633. The molecule has 0 saturated heterocycles. The molecule has 2 N–H and O–H groups in total. The number of nitrogens with one attached hydrogen (secondary N) is 2. The lowest BCUT2D eigenvalue weighted by Crippen LogP contribution is -2.29. The number of hydrogen-bond donors (Lipinski definition) is 2. The van der Waals surface area contributed by atoms with Crippen molar-refractivity contribution in [3.8, 4) is 5.75 Å². The van der Waals surface area contributed by atoms with E-state index in [-0.39, 0.29) is 11.5 Å². The van der Waals surface area contributed by atoms with E-state index in [9.17, 15) is 12.8 Å². The van der Waals surface area contributed by atoms with Crippen LogP contribution in [0.2, 0.25) is 0 Å². The average molecular weight is 358 g/mol.